The number of hydrogen-bond acceptors (Lipinski definition) is 3. The monoisotopic (exact) mass is 769 g/mol. The Bertz CT molecular complexity index is 3580. The topological polar surface area (TPSA) is 16.4 Å². The number of rotatable bonds is 6. The first-order valence-corrected chi connectivity index (χ1v) is 20.9. The van der Waals surface area contributed by atoms with Gasteiger partial charge in [0.2, 0.25) is 0 Å². The zero-order chi connectivity index (χ0) is 38.9. The Morgan fingerprint density at radius 1 is 0.373 bits per heavy atom. The molecule has 0 amide bonds. The Morgan fingerprint density at radius 3 is 1.83 bits per heavy atom. The lowest BCUT2D eigenvalue weighted by Crippen LogP contribution is -2.13. The van der Waals surface area contributed by atoms with Gasteiger partial charge in [-0.1, -0.05) is 176 Å². The number of anilines is 3. The standard InChI is InChI=1S/C56H35NOS/c1-2-16-36(17-3-1)37-18-12-20-39(34-37)53-46-26-6-4-22-42(46)43-23-5-7-27-47(43)54(53)57(50-31-15-29-48-44-24-8-10-32-51(44)58-55(48)50)40-21-13-19-38(35-40)41-28-14-30-49-45-25-9-11-33-52(45)59-56(41)49/h1-35H. The molecular formula is C56H35NOS. The summed E-state index contributed by atoms with van der Waals surface area (Å²) in [5, 5.41) is 9.57. The van der Waals surface area contributed by atoms with E-state index in [4.69, 9.17) is 4.42 Å². The maximum Gasteiger partial charge on any atom is 0.159 e. The Kier molecular flexibility index (Phi) is 7.75. The van der Waals surface area contributed by atoms with Crippen LogP contribution in [0.2, 0.25) is 0 Å². The third-order valence-corrected chi connectivity index (χ3v) is 13.1. The summed E-state index contributed by atoms with van der Waals surface area (Å²) in [6.45, 7) is 0. The molecule has 12 rings (SSSR count). The Hall–Kier alpha value is -7.46. The van der Waals surface area contributed by atoms with E-state index in [1.807, 2.05) is 11.3 Å². The minimum Gasteiger partial charge on any atom is -0.454 e. The number of furan rings is 1. The van der Waals surface area contributed by atoms with E-state index in [0.29, 0.717) is 0 Å². The molecule has 2 aromatic heterocycles. The van der Waals surface area contributed by atoms with Crippen molar-refractivity contribution in [2.75, 3.05) is 4.90 Å². The maximum absolute atomic E-state index is 6.90. The normalized spacial score (nSPS) is 11.7. The van der Waals surface area contributed by atoms with Crippen LogP contribution in [0.3, 0.4) is 0 Å². The zero-order valence-electron chi connectivity index (χ0n) is 32.0. The van der Waals surface area contributed by atoms with Crippen molar-refractivity contribution in [3.63, 3.8) is 0 Å². The molecule has 3 heteroatoms. The number of para-hydroxylation sites is 2. The summed E-state index contributed by atoms with van der Waals surface area (Å²) in [7, 11) is 0. The summed E-state index contributed by atoms with van der Waals surface area (Å²) < 4.78 is 9.49. The highest BCUT2D eigenvalue weighted by Crippen LogP contribution is 2.52. The molecule has 0 radical (unpaired) electrons. The van der Waals surface area contributed by atoms with Gasteiger partial charge in [0, 0.05) is 47.6 Å². The van der Waals surface area contributed by atoms with Crippen LogP contribution in [-0.4, -0.2) is 0 Å². The summed E-state index contributed by atoms with van der Waals surface area (Å²) in [6, 6.07) is 77.0. The molecule has 10 aromatic carbocycles. The van der Waals surface area contributed by atoms with Gasteiger partial charge < -0.3 is 9.32 Å². The van der Waals surface area contributed by atoms with Crippen LogP contribution in [0.5, 0.6) is 0 Å². The summed E-state index contributed by atoms with van der Waals surface area (Å²) in [4.78, 5) is 2.47. The van der Waals surface area contributed by atoms with Gasteiger partial charge in [-0.05, 0) is 80.4 Å². The van der Waals surface area contributed by atoms with Crippen molar-refractivity contribution in [1.29, 1.82) is 0 Å². The lowest BCUT2D eigenvalue weighted by atomic mass is 9.88. The van der Waals surface area contributed by atoms with E-state index in [9.17, 15) is 0 Å². The number of benzene rings is 10. The average Bonchev–Trinajstić information content (AvgIpc) is 3.89. The second-order valence-electron chi connectivity index (χ2n) is 15.2. The molecule has 276 valence electrons. The zero-order valence-corrected chi connectivity index (χ0v) is 32.8. The van der Waals surface area contributed by atoms with Crippen LogP contribution in [-0.2, 0) is 0 Å². The van der Waals surface area contributed by atoms with Crippen molar-refractivity contribution in [2.45, 2.75) is 0 Å². The van der Waals surface area contributed by atoms with Gasteiger partial charge in [0.15, 0.2) is 5.58 Å². The van der Waals surface area contributed by atoms with Crippen LogP contribution in [0.4, 0.5) is 17.1 Å². The van der Waals surface area contributed by atoms with E-state index < -0.39 is 0 Å². The molecule has 0 saturated heterocycles. The SMILES string of the molecule is c1ccc(-c2cccc(-c3c(N(c4cccc(-c5cccc6c5sc5ccccc56)c4)c4cccc5c4oc4ccccc45)c4ccccc4c4ccccc34)c2)cc1. The molecule has 2 heterocycles. The third kappa shape index (κ3) is 5.40. The molecule has 0 fully saturated rings. The number of hydrogen-bond donors (Lipinski definition) is 0. The fraction of sp³-hybridized carbons (Fsp3) is 0. The fourth-order valence-electron chi connectivity index (χ4n) is 9.22. The van der Waals surface area contributed by atoms with Gasteiger partial charge in [0.1, 0.15) is 5.58 Å². The second kappa shape index (κ2) is 13.6. The Labute approximate surface area is 345 Å². The third-order valence-electron chi connectivity index (χ3n) is 11.8. The molecule has 0 aliphatic carbocycles. The minimum atomic E-state index is 0.854. The van der Waals surface area contributed by atoms with Crippen LogP contribution in [0.25, 0.3) is 97.0 Å². The van der Waals surface area contributed by atoms with Gasteiger partial charge in [-0.2, -0.15) is 0 Å². The van der Waals surface area contributed by atoms with E-state index in [0.717, 1.165) is 50.0 Å². The van der Waals surface area contributed by atoms with Gasteiger partial charge in [-0.25, -0.2) is 0 Å². The molecular weight excluding hydrogens is 735 g/mol. The minimum absolute atomic E-state index is 0.854. The second-order valence-corrected chi connectivity index (χ2v) is 16.2. The Balaban J connectivity index is 1.20. The van der Waals surface area contributed by atoms with E-state index in [1.165, 1.54) is 64.1 Å². The largest absolute Gasteiger partial charge is 0.454 e. The molecule has 12 aromatic rings. The maximum atomic E-state index is 6.90. The van der Waals surface area contributed by atoms with Crippen LogP contribution in [0, 0.1) is 0 Å². The lowest BCUT2D eigenvalue weighted by Gasteiger charge is -2.31. The highest BCUT2D eigenvalue weighted by Gasteiger charge is 2.27. The van der Waals surface area contributed by atoms with Gasteiger partial charge in [-0.15, -0.1) is 11.3 Å². The van der Waals surface area contributed by atoms with Crippen LogP contribution >= 0.6 is 11.3 Å². The van der Waals surface area contributed by atoms with Crippen molar-refractivity contribution in [2.24, 2.45) is 0 Å². The van der Waals surface area contributed by atoms with Gasteiger partial charge >= 0.3 is 0 Å². The van der Waals surface area contributed by atoms with Crippen LogP contribution < -0.4 is 4.90 Å². The first-order valence-electron chi connectivity index (χ1n) is 20.1. The summed E-state index contributed by atoms with van der Waals surface area (Å²) >= 11 is 1.87. The van der Waals surface area contributed by atoms with Gasteiger partial charge in [-0.3, -0.25) is 0 Å². The first kappa shape index (κ1) is 33.7. The molecule has 0 spiro atoms. The fourth-order valence-corrected chi connectivity index (χ4v) is 10.5. The number of thiophene rings is 1. The molecule has 0 atom stereocenters. The summed E-state index contributed by atoms with van der Waals surface area (Å²) in [6.07, 6.45) is 0. The highest BCUT2D eigenvalue weighted by molar-refractivity contribution is 7.26. The number of nitrogens with zero attached hydrogens (tertiary/aromatic N) is 1. The molecule has 2 nitrogen and oxygen atoms in total. The van der Waals surface area contributed by atoms with Crippen molar-refractivity contribution in [3.8, 4) is 33.4 Å². The van der Waals surface area contributed by atoms with Crippen LogP contribution in [0.1, 0.15) is 0 Å². The smallest absolute Gasteiger partial charge is 0.159 e. The predicted octanol–water partition coefficient (Wildman–Crippen LogP) is 16.7. The average molecular weight is 770 g/mol. The first-order chi connectivity index (χ1) is 29.3. The van der Waals surface area contributed by atoms with Gasteiger partial charge in [0.25, 0.3) is 0 Å². The summed E-state index contributed by atoms with van der Waals surface area (Å²) in [5.41, 5.74) is 11.9. The van der Waals surface area contributed by atoms with E-state index in [1.54, 1.807) is 0 Å². The van der Waals surface area contributed by atoms with Crippen molar-refractivity contribution in [3.05, 3.63) is 212 Å². The van der Waals surface area contributed by atoms with Crippen molar-refractivity contribution >= 4 is 92.1 Å². The number of fused-ring (bicyclic) bond motifs is 9. The van der Waals surface area contributed by atoms with Crippen LogP contribution in [0.15, 0.2) is 217 Å². The van der Waals surface area contributed by atoms with Gasteiger partial charge in [0.05, 0.1) is 11.4 Å². The van der Waals surface area contributed by atoms with E-state index in [-0.39, 0.29) is 0 Å². The van der Waals surface area contributed by atoms with E-state index in [2.05, 4.69) is 217 Å². The Morgan fingerprint density at radius 2 is 0.966 bits per heavy atom. The van der Waals surface area contributed by atoms with E-state index >= 15 is 0 Å². The molecule has 0 saturated carbocycles. The molecule has 59 heavy (non-hydrogen) atoms. The summed E-state index contributed by atoms with van der Waals surface area (Å²) in [5.74, 6) is 0. The van der Waals surface area contributed by atoms with Crippen molar-refractivity contribution in [1.82, 2.24) is 0 Å². The predicted molar refractivity (Wildman–Crippen MR) is 253 cm³/mol. The molecule has 0 unspecified atom stereocenters. The highest BCUT2D eigenvalue weighted by atomic mass is 32.1. The molecule has 0 aliphatic rings. The quantitative estimate of drug-likeness (QED) is 0.157. The lowest BCUT2D eigenvalue weighted by molar-refractivity contribution is 0.669. The molecule has 0 N–H and O–H groups in total. The van der Waals surface area contributed by atoms with Crippen molar-refractivity contribution < 1.29 is 4.42 Å². The molecule has 0 aliphatic heterocycles. The molecule has 0 bridgehead atoms.